The molecule has 1 aliphatic rings. The maximum absolute atomic E-state index is 13.4. The first-order valence-electron chi connectivity index (χ1n) is 9.51. The van der Waals surface area contributed by atoms with E-state index < -0.39 is 28.7 Å². The Morgan fingerprint density at radius 1 is 1.27 bits per heavy atom. The number of alkyl halides is 3. The second-order valence-electron chi connectivity index (χ2n) is 7.47. The monoisotopic (exact) mass is 477 g/mol. The molecule has 1 aliphatic heterocycles. The molecular formula is C21H18F3N5O3S. The number of nitrogens with zero attached hydrogens (tertiary/aromatic N) is 4. The van der Waals surface area contributed by atoms with Crippen LogP contribution >= 0.6 is 12.2 Å². The van der Waals surface area contributed by atoms with Crippen molar-refractivity contribution in [3.63, 3.8) is 0 Å². The Balaban J connectivity index is 1.95. The minimum absolute atomic E-state index is 0.0522. The molecule has 0 radical (unpaired) electrons. The van der Waals surface area contributed by atoms with Crippen LogP contribution in [0.1, 0.15) is 25.0 Å². The van der Waals surface area contributed by atoms with E-state index in [1.807, 2.05) is 0 Å². The number of hydrogen-bond acceptors (Lipinski definition) is 6. The highest BCUT2D eigenvalue weighted by Gasteiger charge is 2.50. The van der Waals surface area contributed by atoms with Gasteiger partial charge in [0.15, 0.2) is 11.7 Å². The van der Waals surface area contributed by atoms with Crippen molar-refractivity contribution >= 4 is 40.5 Å². The van der Waals surface area contributed by atoms with Gasteiger partial charge in [-0.15, -0.1) is 0 Å². The summed E-state index contributed by atoms with van der Waals surface area (Å²) in [5.41, 5.74) is -2.66. The molecule has 172 valence electrons. The third kappa shape index (κ3) is 4.45. The van der Waals surface area contributed by atoms with Gasteiger partial charge in [-0.2, -0.15) is 18.4 Å². The van der Waals surface area contributed by atoms with Crippen LogP contribution in [0.4, 0.5) is 24.5 Å². The van der Waals surface area contributed by atoms with Crippen LogP contribution in [0.15, 0.2) is 36.5 Å². The predicted octanol–water partition coefficient (Wildman–Crippen LogP) is 3.01. The summed E-state index contributed by atoms with van der Waals surface area (Å²) in [6.45, 7) is 2.92. The molecule has 1 saturated heterocycles. The number of pyridine rings is 1. The Morgan fingerprint density at radius 2 is 1.94 bits per heavy atom. The highest BCUT2D eigenvalue weighted by Crippen LogP contribution is 2.39. The fourth-order valence-corrected chi connectivity index (χ4v) is 3.78. The molecule has 1 aromatic carbocycles. The number of likely N-dealkylation sites (N-methyl/N-ethyl adjacent to an activating group) is 1. The lowest BCUT2D eigenvalue weighted by Gasteiger charge is -2.29. The molecule has 0 unspecified atom stereocenters. The van der Waals surface area contributed by atoms with Crippen LogP contribution < -0.4 is 19.9 Å². The highest BCUT2D eigenvalue weighted by atomic mass is 32.1. The molecule has 2 aromatic rings. The van der Waals surface area contributed by atoms with Crippen molar-refractivity contribution in [2.45, 2.75) is 25.6 Å². The summed E-state index contributed by atoms with van der Waals surface area (Å²) in [5, 5.41) is 11.4. The molecule has 0 bridgehead atoms. The molecule has 0 aliphatic carbocycles. The van der Waals surface area contributed by atoms with Gasteiger partial charge in [-0.3, -0.25) is 14.5 Å². The van der Waals surface area contributed by atoms with Crippen molar-refractivity contribution in [3.8, 4) is 11.9 Å². The van der Waals surface area contributed by atoms with Crippen LogP contribution in [0.5, 0.6) is 5.88 Å². The number of halogens is 3. The van der Waals surface area contributed by atoms with Gasteiger partial charge in [0.05, 0.1) is 34.8 Å². The standard InChI is InChI=1S/C21H18F3N5O3S/c1-20(2)18(31)28(13-5-4-12(9-25)15(8-13)21(22,23)24)19(33)29(20)14-6-7-17(27-10-14)32-11-16(30)26-3/h4-8,10H,11H2,1-3H3,(H,26,30). The first-order chi connectivity index (χ1) is 15.4. The first kappa shape index (κ1) is 23.9. The minimum atomic E-state index is -4.78. The van der Waals surface area contributed by atoms with E-state index in [-0.39, 0.29) is 29.2 Å². The van der Waals surface area contributed by atoms with Crippen LogP contribution in [-0.4, -0.2) is 41.1 Å². The summed E-state index contributed by atoms with van der Waals surface area (Å²) in [7, 11) is 1.47. The van der Waals surface area contributed by atoms with Crippen molar-refractivity contribution in [1.29, 1.82) is 5.26 Å². The van der Waals surface area contributed by atoms with Crippen molar-refractivity contribution in [2.24, 2.45) is 0 Å². The third-order valence-corrected chi connectivity index (χ3v) is 5.33. The Kier molecular flexibility index (Phi) is 6.29. The topological polar surface area (TPSA) is 98.6 Å². The number of benzene rings is 1. The molecule has 8 nitrogen and oxygen atoms in total. The molecule has 3 rings (SSSR count). The molecule has 0 saturated carbocycles. The van der Waals surface area contributed by atoms with Crippen molar-refractivity contribution in [3.05, 3.63) is 47.7 Å². The highest BCUT2D eigenvalue weighted by molar-refractivity contribution is 7.81. The molecule has 1 fully saturated rings. The Labute approximate surface area is 192 Å². The number of aromatic nitrogens is 1. The summed E-state index contributed by atoms with van der Waals surface area (Å²) in [5.74, 6) is -0.731. The number of anilines is 2. The first-order valence-corrected chi connectivity index (χ1v) is 9.92. The zero-order chi connectivity index (χ0) is 24.6. The quantitative estimate of drug-likeness (QED) is 0.661. The zero-order valence-electron chi connectivity index (χ0n) is 17.7. The second-order valence-corrected chi connectivity index (χ2v) is 7.84. The van der Waals surface area contributed by atoms with Gasteiger partial charge in [-0.1, -0.05) is 0 Å². The molecule has 2 amide bonds. The van der Waals surface area contributed by atoms with Crippen molar-refractivity contribution in [2.75, 3.05) is 23.5 Å². The van der Waals surface area contributed by atoms with E-state index >= 15 is 0 Å². The van der Waals surface area contributed by atoms with Gasteiger partial charge in [0.25, 0.3) is 11.8 Å². The third-order valence-electron chi connectivity index (χ3n) is 4.96. The number of nitriles is 1. The number of nitrogens with one attached hydrogen (secondary N) is 1. The van der Waals surface area contributed by atoms with Gasteiger partial charge in [-0.25, -0.2) is 4.98 Å². The molecule has 0 atom stereocenters. The van der Waals surface area contributed by atoms with E-state index in [0.717, 1.165) is 17.0 Å². The maximum atomic E-state index is 13.4. The summed E-state index contributed by atoms with van der Waals surface area (Å²) in [4.78, 5) is 31.0. The number of ether oxygens (including phenoxy) is 1. The van der Waals surface area contributed by atoms with Crippen LogP contribution in [0, 0.1) is 11.3 Å². The molecule has 1 aromatic heterocycles. The summed E-state index contributed by atoms with van der Waals surface area (Å²) in [6, 6.07) is 7.53. The fourth-order valence-electron chi connectivity index (χ4n) is 3.26. The smallest absolute Gasteiger partial charge is 0.417 e. The van der Waals surface area contributed by atoms with E-state index in [2.05, 4.69) is 10.3 Å². The normalized spacial score (nSPS) is 15.4. The van der Waals surface area contributed by atoms with Crippen LogP contribution in [-0.2, 0) is 15.8 Å². The molecule has 0 spiro atoms. The lowest BCUT2D eigenvalue weighted by atomic mass is 10.0. The van der Waals surface area contributed by atoms with E-state index in [4.69, 9.17) is 22.2 Å². The zero-order valence-corrected chi connectivity index (χ0v) is 18.5. The van der Waals surface area contributed by atoms with Crippen LogP contribution in [0.2, 0.25) is 0 Å². The summed E-state index contributed by atoms with van der Waals surface area (Å²) >= 11 is 5.46. The Hall–Kier alpha value is -3.72. The van der Waals surface area contributed by atoms with E-state index in [9.17, 15) is 22.8 Å². The average Bonchev–Trinajstić information content (AvgIpc) is 2.95. The second kappa shape index (κ2) is 8.67. The van der Waals surface area contributed by atoms with E-state index in [1.54, 1.807) is 19.9 Å². The van der Waals surface area contributed by atoms with Gasteiger partial charge in [0.1, 0.15) is 5.54 Å². The maximum Gasteiger partial charge on any atom is 0.417 e. The number of carbonyl (C=O) groups excluding carboxylic acids is 2. The SMILES string of the molecule is CNC(=O)COc1ccc(N2C(=S)N(c3ccc(C#N)c(C(F)(F)F)c3)C(=O)C2(C)C)cn1. The number of thiocarbonyl (C=S) groups is 1. The van der Waals surface area contributed by atoms with Gasteiger partial charge in [0, 0.05) is 13.1 Å². The summed E-state index contributed by atoms with van der Waals surface area (Å²) < 4.78 is 45.5. The number of amides is 2. The van der Waals surface area contributed by atoms with E-state index in [0.29, 0.717) is 5.69 Å². The Morgan fingerprint density at radius 3 is 2.48 bits per heavy atom. The molecular weight excluding hydrogens is 459 g/mol. The van der Waals surface area contributed by atoms with Crippen LogP contribution in [0.3, 0.4) is 0 Å². The lowest BCUT2D eigenvalue weighted by Crippen LogP contribution is -2.44. The molecule has 2 heterocycles. The number of hydrogen-bond donors (Lipinski definition) is 1. The van der Waals surface area contributed by atoms with Gasteiger partial charge >= 0.3 is 6.18 Å². The largest absolute Gasteiger partial charge is 0.468 e. The van der Waals surface area contributed by atoms with Gasteiger partial charge in [-0.05, 0) is 50.3 Å². The average molecular weight is 477 g/mol. The van der Waals surface area contributed by atoms with E-state index in [1.165, 1.54) is 36.3 Å². The number of carbonyl (C=O) groups is 2. The lowest BCUT2D eigenvalue weighted by molar-refractivity contribution is -0.137. The number of rotatable bonds is 5. The van der Waals surface area contributed by atoms with Crippen molar-refractivity contribution < 1.29 is 27.5 Å². The molecule has 33 heavy (non-hydrogen) atoms. The van der Waals surface area contributed by atoms with Crippen LogP contribution in [0.25, 0.3) is 0 Å². The Bertz CT molecular complexity index is 1160. The fraction of sp³-hybridized carbons (Fsp3) is 0.286. The predicted molar refractivity (Wildman–Crippen MR) is 117 cm³/mol. The summed E-state index contributed by atoms with van der Waals surface area (Å²) in [6.07, 6.45) is -3.40. The van der Waals surface area contributed by atoms with Gasteiger partial charge in [0.2, 0.25) is 5.88 Å². The minimum Gasteiger partial charge on any atom is -0.468 e. The van der Waals surface area contributed by atoms with Gasteiger partial charge < -0.3 is 15.0 Å². The molecule has 1 N–H and O–H groups in total. The molecule has 12 heteroatoms. The van der Waals surface area contributed by atoms with Crippen molar-refractivity contribution in [1.82, 2.24) is 10.3 Å².